The third-order valence-electron chi connectivity index (χ3n) is 3.21. The summed E-state index contributed by atoms with van der Waals surface area (Å²) in [6.45, 7) is 8.18. The molecule has 102 valence electrons. The van der Waals surface area contributed by atoms with E-state index in [9.17, 15) is 5.11 Å². The number of unbranched alkanes of at least 4 members (excludes halogenated alkanes) is 1. The van der Waals surface area contributed by atoms with Crippen LogP contribution in [0.15, 0.2) is 24.3 Å². The molecule has 0 aliphatic carbocycles. The van der Waals surface area contributed by atoms with E-state index in [2.05, 4.69) is 18.7 Å². The van der Waals surface area contributed by atoms with Gasteiger partial charge in [-0.15, -0.1) is 0 Å². The molecule has 18 heavy (non-hydrogen) atoms. The van der Waals surface area contributed by atoms with E-state index in [1.807, 2.05) is 12.1 Å². The van der Waals surface area contributed by atoms with E-state index in [-0.39, 0.29) is 0 Å². The van der Waals surface area contributed by atoms with E-state index in [1.165, 1.54) is 50.9 Å². The zero-order valence-corrected chi connectivity index (χ0v) is 11.9. The van der Waals surface area contributed by atoms with Crippen LogP contribution in [0.2, 0.25) is 0 Å². The van der Waals surface area contributed by atoms with Crippen molar-refractivity contribution in [1.29, 1.82) is 0 Å². The number of aromatic hydroxyl groups is 1. The quantitative estimate of drug-likeness (QED) is 0.672. The summed E-state index contributed by atoms with van der Waals surface area (Å²) in [5, 5.41) is 9.21. The van der Waals surface area contributed by atoms with Crippen LogP contribution >= 0.6 is 0 Å². The molecule has 2 nitrogen and oxygen atoms in total. The number of aryl methyl sites for hydroxylation is 1. The van der Waals surface area contributed by atoms with Gasteiger partial charge in [0.25, 0.3) is 0 Å². The fourth-order valence-corrected chi connectivity index (χ4v) is 2.30. The van der Waals surface area contributed by atoms with Crippen LogP contribution in [0.4, 0.5) is 0 Å². The van der Waals surface area contributed by atoms with Gasteiger partial charge in [-0.2, -0.15) is 0 Å². The molecule has 0 aliphatic rings. The van der Waals surface area contributed by atoms with E-state index in [0.29, 0.717) is 5.75 Å². The number of phenolic OH excluding ortho intramolecular Hbond substituents is 1. The summed E-state index contributed by atoms with van der Waals surface area (Å²) in [4.78, 5) is 2.57. The van der Waals surface area contributed by atoms with Crippen LogP contribution in [-0.4, -0.2) is 29.6 Å². The molecule has 2 heteroatoms. The Labute approximate surface area is 112 Å². The highest BCUT2D eigenvalue weighted by molar-refractivity contribution is 5.25. The molecule has 0 heterocycles. The van der Waals surface area contributed by atoms with Gasteiger partial charge >= 0.3 is 0 Å². The Kier molecular flexibility index (Phi) is 7.51. The van der Waals surface area contributed by atoms with Crippen molar-refractivity contribution in [3.8, 4) is 5.75 Å². The molecule has 0 aromatic heterocycles. The molecule has 1 rings (SSSR count). The third-order valence-corrected chi connectivity index (χ3v) is 3.21. The molecule has 0 amide bonds. The molecule has 0 aliphatic heterocycles. The van der Waals surface area contributed by atoms with Gasteiger partial charge in [0.15, 0.2) is 0 Å². The Bertz CT molecular complexity index is 301. The summed E-state index contributed by atoms with van der Waals surface area (Å²) in [6.07, 6.45) is 6.11. The van der Waals surface area contributed by atoms with Crippen LogP contribution < -0.4 is 0 Å². The van der Waals surface area contributed by atoms with E-state index in [4.69, 9.17) is 0 Å². The summed E-state index contributed by atoms with van der Waals surface area (Å²) in [5.74, 6) is 0.357. The molecule has 1 N–H and O–H groups in total. The van der Waals surface area contributed by atoms with Crippen molar-refractivity contribution in [2.45, 2.75) is 46.0 Å². The first-order chi connectivity index (χ1) is 8.76. The lowest BCUT2D eigenvalue weighted by atomic mass is 10.1. The van der Waals surface area contributed by atoms with Gasteiger partial charge in [0.2, 0.25) is 0 Å². The molecule has 1 aromatic carbocycles. The number of phenols is 1. The second kappa shape index (κ2) is 8.98. The molecule has 0 unspecified atom stereocenters. The number of hydrogen-bond acceptors (Lipinski definition) is 2. The summed E-state index contributed by atoms with van der Waals surface area (Å²) < 4.78 is 0. The monoisotopic (exact) mass is 249 g/mol. The maximum absolute atomic E-state index is 9.21. The van der Waals surface area contributed by atoms with E-state index < -0.39 is 0 Å². The second-order valence-corrected chi connectivity index (χ2v) is 4.97. The summed E-state index contributed by atoms with van der Waals surface area (Å²) in [5.41, 5.74) is 1.32. The van der Waals surface area contributed by atoms with Crippen molar-refractivity contribution in [2.75, 3.05) is 19.6 Å². The Morgan fingerprint density at radius 1 is 0.889 bits per heavy atom. The highest BCUT2D eigenvalue weighted by Crippen LogP contribution is 2.12. The van der Waals surface area contributed by atoms with Crippen LogP contribution in [0.5, 0.6) is 5.75 Å². The normalized spacial score (nSPS) is 11.1. The third kappa shape index (κ3) is 6.06. The average molecular weight is 249 g/mol. The van der Waals surface area contributed by atoms with Crippen LogP contribution in [0, 0.1) is 0 Å². The van der Waals surface area contributed by atoms with Crippen LogP contribution in [-0.2, 0) is 6.42 Å². The Hall–Kier alpha value is -1.02. The van der Waals surface area contributed by atoms with Gasteiger partial charge in [-0.25, -0.2) is 0 Å². The first-order valence-electron chi connectivity index (χ1n) is 7.26. The first-order valence-corrected chi connectivity index (χ1v) is 7.26. The van der Waals surface area contributed by atoms with Crippen molar-refractivity contribution in [1.82, 2.24) is 4.90 Å². The lowest BCUT2D eigenvalue weighted by molar-refractivity contribution is 0.269. The average Bonchev–Trinajstić information content (AvgIpc) is 2.37. The van der Waals surface area contributed by atoms with Gasteiger partial charge in [-0.05, 0) is 69.4 Å². The SMILES string of the molecule is CCCN(CCC)CCCCc1ccc(O)cc1. The minimum Gasteiger partial charge on any atom is -0.508 e. The molecule has 1 aromatic rings. The largest absolute Gasteiger partial charge is 0.508 e. The van der Waals surface area contributed by atoms with E-state index in [0.717, 1.165) is 6.42 Å². The molecule has 0 saturated heterocycles. The number of rotatable bonds is 9. The molecule has 0 saturated carbocycles. The minimum atomic E-state index is 0.357. The summed E-state index contributed by atoms with van der Waals surface area (Å²) in [7, 11) is 0. The number of hydrogen-bond donors (Lipinski definition) is 1. The van der Waals surface area contributed by atoms with E-state index >= 15 is 0 Å². The first kappa shape index (κ1) is 15.0. The Balaban J connectivity index is 2.18. The lowest BCUT2D eigenvalue weighted by Crippen LogP contribution is -2.26. The van der Waals surface area contributed by atoms with Crippen LogP contribution in [0.3, 0.4) is 0 Å². The molecule has 0 radical (unpaired) electrons. The maximum Gasteiger partial charge on any atom is 0.115 e. The Morgan fingerprint density at radius 2 is 1.50 bits per heavy atom. The smallest absolute Gasteiger partial charge is 0.115 e. The predicted octanol–water partition coefficient (Wildman–Crippen LogP) is 3.84. The van der Waals surface area contributed by atoms with Gasteiger partial charge in [-0.3, -0.25) is 0 Å². The molecular weight excluding hydrogens is 222 g/mol. The second-order valence-electron chi connectivity index (χ2n) is 4.97. The molecule has 0 spiro atoms. The highest BCUT2D eigenvalue weighted by Gasteiger charge is 2.02. The lowest BCUT2D eigenvalue weighted by Gasteiger charge is -2.20. The van der Waals surface area contributed by atoms with Crippen molar-refractivity contribution in [3.05, 3.63) is 29.8 Å². The minimum absolute atomic E-state index is 0.357. The van der Waals surface area contributed by atoms with Gasteiger partial charge in [0, 0.05) is 0 Å². The topological polar surface area (TPSA) is 23.5 Å². The summed E-state index contributed by atoms with van der Waals surface area (Å²) in [6, 6.07) is 7.59. The number of nitrogens with zero attached hydrogens (tertiary/aromatic N) is 1. The molecule has 0 bridgehead atoms. The zero-order chi connectivity index (χ0) is 13.2. The summed E-state index contributed by atoms with van der Waals surface area (Å²) >= 11 is 0. The van der Waals surface area contributed by atoms with Gasteiger partial charge < -0.3 is 10.0 Å². The van der Waals surface area contributed by atoms with Gasteiger partial charge in [-0.1, -0.05) is 26.0 Å². The fraction of sp³-hybridized carbons (Fsp3) is 0.625. The van der Waals surface area contributed by atoms with E-state index in [1.54, 1.807) is 12.1 Å². The van der Waals surface area contributed by atoms with Crippen molar-refractivity contribution >= 4 is 0 Å². The predicted molar refractivity (Wildman–Crippen MR) is 78.1 cm³/mol. The van der Waals surface area contributed by atoms with Crippen molar-refractivity contribution < 1.29 is 5.11 Å². The van der Waals surface area contributed by atoms with Crippen molar-refractivity contribution in [3.63, 3.8) is 0 Å². The highest BCUT2D eigenvalue weighted by atomic mass is 16.3. The van der Waals surface area contributed by atoms with Gasteiger partial charge in [0.1, 0.15) is 5.75 Å². The van der Waals surface area contributed by atoms with Crippen LogP contribution in [0.1, 0.15) is 45.1 Å². The molecule has 0 atom stereocenters. The number of benzene rings is 1. The maximum atomic E-state index is 9.21. The molecular formula is C16H27NO. The standard InChI is InChI=1S/C16H27NO/c1-3-12-17(13-4-2)14-6-5-7-15-8-10-16(18)11-9-15/h8-11,18H,3-7,12-14H2,1-2H3. The molecule has 0 fully saturated rings. The van der Waals surface area contributed by atoms with Crippen molar-refractivity contribution in [2.24, 2.45) is 0 Å². The van der Waals surface area contributed by atoms with Crippen LogP contribution in [0.25, 0.3) is 0 Å². The fourth-order valence-electron chi connectivity index (χ4n) is 2.30. The Morgan fingerprint density at radius 3 is 2.06 bits per heavy atom. The zero-order valence-electron chi connectivity index (χ0n) is 11.9. The van der Waals surface area contributed by atoms with Gasteiger partial charge in [0.05, 0.1) is 0 Å².